The largest absolute Gasteiger partial charge is 0.497 e. The molecule has 0 bridgehead atoms. The Morgan fingerprint density at radius 1 is 1.27 bits per heavy atom. The molecule has 0 saturated carbocycles. The van der Waals surface area contributed by atoms with Crippen molar-refractivity contribution in [1.82, 2.24) is 19.7 Å². The van der Waals surface area contributed by atoms with Crippen LogP contribution in [-0.2, 0) is 11.3 Å². The van der Waals surface area contributed by atoms with E-state index in [1.165, 1.54) is 11.3 Å². The molecule has 0 unspecified atom stereocenters. The number of carbonyl (C=O) groups excluding carboxylic acids is 1. The van der Waals surface area contributed by atoms with Gasteiger partial charge in [-0.3, -0.25) is 4.90 Å². The van der Waals surface area contributed by atoms with Gasteiger partial charge in [0.25, 0.3) is 0 Å². The maximum atomic E-state index is 12.6. The van der Waals surface area contributed by atoms with Crippen LogP contribution in [0, 0.1) is 0 Å². The number of rotatable bonds is 9. The molecule has 1 atom stereocenters. The Morgan fingerprint density at radius 2 is 2.06 bits per heavy atom. The van der Waals surface area contributed by atoms with Gasteiger partial charge in [0.05, 0.1) is 43.6 Å². The van der Waals surface area contributed by atoms with Crippen molar-refractivity contribution in [3.05, 3.63) is 71.3 Å². The van der Waals surface area contributed by atoms with E-state index >= 15 is 0 Å². The number of hydrogen-bond acceptors (Lipinski definition) is 8. The zero-order chi connectivity index (χ0) is 23.4. The van der Waals surface area contributed by atoms with Gasteiger partial charge in [0, 0.05) is 17.5 Å². The van der Waals surface area contributed by atoms with Crippen molar-refractivity contribution in [2.45, 2.75) is 26.4 Å². The average Bonchev–Trinajstić information content (AvgIpc) is 3.59. The highest BCUT2D eigenvalue weighted by atomic mass is 32.1. The van der Waals surface area contributed by atoms with E-state index in [1.54, 1.807) is 31.2 Å². The number of methoxy groups -OCH3 is 1. The summed E-state index contributed by atoms with van der Waals surface area (Å²) in [4.78, 5) is 19.5. The van der Waals surface area contributed by atoms with Crippen LogP contribution in [-0.4, -0.2) is 46.4 Å². The number of aromatic nitrogens is 3. The minimum atomic E-state index is -0.398. The molecule has 172 valence electrons. The molecule has 3 aromatic heterocycles. The SMILES string of the molecule is CCOC(=O)c1cnn(-c2nc(-c3ccc(OC)cc3)cs2)c1CN(C)[C@H](C)c1ccco1. The van der Waals surface area contributed by atoms with Gasteiger partial charge in [-0.15, -0.1) is 11.3 Å². The number of esters is 1. The molecule has 0 amide bonds. The van der Waals surface area contributed by atoms with E-state index in [9.17, 15) is 4.79 Å². The van der Waals surface area contributed by atoms with Crippen molar-refractivity contribution < 1.29 is 18.7 Å². The maximum Gasteiger partial charge on any atom is 0.341 e. The highest BCUT2D eigenvalue weighted by Crippen LogP contribution is 2.28. The van der Waals surface area contributed by atoms with Gasteiger partial charge in [0.2, 0.25) is 5.13 Å². The van der Waals surface area contributed by atoms with Crippen molar-refractivity contribution in [1.29, 1.82) is 0 Å². The Balaban J connectivity index is 1.66. The van der Waals surface area contributed by atoms with Gasteiger partial charge in [0.15, 0.2) is 0 Å². The molecule has 9 heteroatoms. The fourth-order valence-electron chi connectivity index (χ4n) is 3.45. The lowest BCUT2D eigenvalue weighted by molar-refractivity contribution is 0.0523. The second-order valence-electron chi connectivity index (χ2n) is 7.49. The number of benzene rings is 1. The molecule has 8 nitrogen and oxygen atoms in total. The van der Waals surface area contributed by atoms with Crippen molar-refractivity contribution in [2.24, 2.45) is 0 Å². The van der Waals surface area contributed by atoms with Gasteiger partial charge in [-0.2, -0.15) is 5.10 Å². The van der Waals surface area contributed by atoms with Crippen molar-refractivity contribution in [2.75, 3.05) is 20.8 Å². The van der Waals surface area contributed by atoms with Gasteiger partial charge in [-0.1, -0.05) is 0 Å². The lowest BCUT2D eigenvalue weighted by Gasteiger charge is -2.23. The lowest BCUT2D eigenvalue weighted by atomic mass is 10.2. The highest BCUT2D eigenvalue weighted by Gasteiger charge is 2.24. The Kier molecular flexibility index (Phi) is 6.90. The summed E-state index contributed by atoms with van der Waals surface area (Å²) < 4.78 is 17.8. The second-order valence-corrected chi connectivity index (χ2v) is 8.32. The van der Waals surface area contributed by atoms with Crippen molar-refractivity contribution >= 4 is 17.3 Å². The Hall–Kier alpha value is -3.43. The smallest absolute Gasteiger partial charge is 0.341 e. The second kappa shape index (κ2) is 10.0. The molecule has 0 fully saturated rings. The Bertz CT molecular complexity index is 1200. The topological polar surface area (TPSA) is 82.6 Å². The van der Waals surface area contributed by atoms with Gasteiger partial charge >= 0.3 is 5.97 Å². The van der Waals surface area contributed by atoms with E-state index in [1.807, 2.05) is 48.8 Å². The molecule has 0 saturated heterocycles. The summed E-state index contributed by atoms with van der Waals surface area (Å²) in [5.41, 5.74) is 2.94. The van der Waals surface area contributed by atoms with Crippen molar-refractivity contribution in [3.63, 3.8) is 0 Å². The first-order chi connectivity index (χ1) is 16.0. The predicted molar refractivity (Wildman–Crippen MR) is 126 cm³/mol. The molecular formula is C24H26N4O4S. The summed E-state index contributed by atoms with van der Waals surface area (Å²) in [5, 5.41) is 7.14. The summed E-state index contributed by atoms with van der Waals surface area (Å²) in [6.07, 6.45) is 3.21. The number of thiazole rings is 1. The van der Waals surface area contributed by atoms with Gasteiger partial charge in [0.1, 0.15) is 17.1 Å². The quantitative estimate of drug-likeness (QED) is 0.322. The third-order valence-electron chi connectivity index (χ3n) is 5.44. The highest BCUT2D eigenvalue weighted by molar-refractivity contribution is 7.12. The molecule has 4 aromatic rings. The fourth-order valence-corrected chi connectivity index (χ4v) is 4.26. The minimum Gasteiger partial charge on any atom is -0.497 e. The van der Waals surface area contributed by atoms with Crippen LogP contribution in [0.3, 0.4) is 0 Å². The molecule has 33 heavy (non-hydrogen) atoms. The first kappa shape index (κ1) is 22.8. The lowest BCUT2D eigenvalue weighted by Crippen LogP contribution is -2.24. The number of hydrogen-bond donors (Lipinski definition) is 0. The molecular weight excluding hydrogens is 440 g/mol. The van der Waals surface area contributed by atoms with Crippen LogP contribution in [0.4, 0.5) is 0 Å². The van der Waals surface area contributed by atoms with Crippen LogP contribution in [0.5, 0.6) is 5.75 Å². The molecule has 0 spiro atoms. The zero-order valence-electron chi connectivity index (χ0n) is 19.0. The van der Waals surface area contributed by atoms with Crippen LogP contribution in [0.25, 0.3) is 16.4 Å². The van der Waals surface area contributed by atoms with E-state index in [4.69, 9.17) is 18.9 Å². The molecule has 0 radical (unpaired) electrons. The summed E-state index contributed by atoms with van der Waals surface area (Å²) in [6.45, 7) is 4.58. The third kappa shape index (κ3) is 4.84. The summed E-state index contributed by atoms with van der Waals surface area (Å²) >= 11 is 1.46. The molecule has 4 rings (SSSR count). The number of carbonyl (C=O) groups is 1. The first-order valence-corrected chi connectivity index (χ1v) is 11.5. The molecule has 0 aliphatic rings. The van der Waals surface area contributed by atoms with E-state index < -0.39 is 5.97 Å². The normalized spacial score (nSPS) is 12.2. The Morgan fingerprint density at radius 3 is 2.73 bits per heavy atom. The molecule has 0 aliphatic carbocycles. The summed E-state index contributed by atoms with van der Waals surface area (Å²) in [6, 6.07) is 11.5. The summed E-state index contributed by atoms with van der Waals surface area (Å²) in [5.74, 6) is 1.23. The van der Waals surface area contributed by atoms with Gasteiger partial charge in [-0.05, 0) is 57.3 Å². The molecule has 3 heterocycles. The van der Waals surface area contributed by atoms with Crippen LogP contribution in [0.1, 0.15) is 41.7 Å². The molecule has 1 aromatic carbocycles. The van der Waals surface area contributed by atoms with E-state index in [-0.39, 0.29) is 6.04 Å². The number of nitrogens with zero attached hydrogens (tertiary/aromatic N) is 4. The zero-order valence-corrected chi connectivity index (χ0v) is 19.8. The maximum absolute atomic E-state index is 12.6. The third-order valence-corrected chi connectivity index (χ3v) is 6.25. The van der Waals surface area contributed by atoms with E-state index in [2.05, 4.69) is 16.9 Å². The monoisotopic (exact) mass is 466 g/mol. The van der Waals surface area contributed by atoms with Crippen LogP contribution in [0.15, 0.2) is 58.7 Å². The predicted octanol–water partition coefficient (Wildman–Crippen LogP) is 4.97. The minimum absolute atomic E-state index is 0.00421. The van der Waals surface area contributed by atoms with Crippen molar-refractivity contribution in [3.8, 4) is 22.1 Å². The molecule has 0 aliphatic heterocycles. The Labute approximate surface area is 196 Å². The van der Waals surface area contributed by atoms with E-state index in [0.717, 1.165) is 22.8 Å². The number of ether oxygens (including phenoxy) is 2. The average molecular weight is 467 g/mol. The van der Waals surface area contributed by atoms with Gasteiger partial charge < -0.3 is 13.9 Å². The van der Waals surface area contributed by atoms with Crippen LogP contribution >= 0.6 is 11.3 Å². The van der Waals surface area contributed by atoms with Crippen LogP contribution in [0.2, 0.25) is 0 Å². The number of furan rings is 1. The molecule has 0 N–H and O–H groups in total. The fraction of sp³-hybridized carbons (Fsp3) is 0.292. The standard InChI is InChI=1S/C24H26N4O4S/c1-5-31-23(29)19-13-25-28(21(19)14-27(3)16(2)22-7-6-12-32-22)24-26-20(15-33-24)17-8-10-18(30-4)11-9-17/h6-13,15-16H,5,14H2,1-4H3/t16-/m1/s1. The van der Waals surface area contributed by atoms with Crippen LogP contribution < -0.4 is 4.74 Å². The van der Waals surface area contributed by atoms with E-state index in [0.29, 0.717) is 29.5 Å². The first-order valence-electron chi connectivity index (χ1n) is 10.6. The summed E-state index contributed by atoms with van der Waals surface area (Å²) in [7, 11) is 3.62. The van der Waals surface area contributed by atoms with Gasteiger partial charge in [-0.25, -0.2) is 14.5 Å².